The minimum absolute atomic E-state index is 0.265. The monoisotopic (exact) mass is 273 g/mol. The van der Waals surface area contributed by atoms with E-state index in [4.69, 9.17) is 4.74 Å². The summed E-state index contributed by atoms with van der Waals surface area (Å²) in [6.07, 6.45) is 5.15. The van der Waals surface area contributed by atoms with Crippen molar-refractivity contribution in [3.05, 3.63) is 66.0 Å². The fourth-order valence-electron chi connectivity index (χ4n) is 1.63. The van der Waals surface area contributed by atoms with Gasteiger partial charge in [-0.25, -0.2) is 9.07 Å². The molecule has 0 saturated heterocycles. The summed E-state index contributed by atoms with van der Waals surface area (Å²) in [5.74, 6) is 0.416. The predicted octanol–water partition coefficient (Wildman–Crippen LogP) is 3.32. The van der Waals surface area contributed by atoms with Crippen molar-refractivity contribution in [2.24, 2.45) is 0 Å². The van der Waals surface area contributed by atoms with Crippen LogP contribution >= 0.6 is 0 Å². The number of hydrogen-bond donors (Lipinski definition) is 0. The van der Waals surface area contributed by atoms with E-state index in [1.807, 2.05) is 13.0 Å². The lowest BCUT2D eigenvalue weighted by atomic mass is 10.2. The largest absolute Gasteiger partial charge is 0.488 e. The van der Waals surface area contributed by atoms with Gasteiger partial charge in [-0.05, 0) is 43.7 Å². The van der Waals surface area contributed by atoms with Gasteiger partial charge in [-0.2, -0.15) is 0 Å². The third kappa shape index (κ3) is 3.12. The second kappa shape index (κ2) is 6.14. The zero-order chi connectivity index (χ0) is 14.5. The number of benzene rings is 1. The molecule has 0 aliphatic carbocycles. The van der Waals surface area contributed by atoms with E-state index in [9.17, 15) is 4.39 Å². The zero-order valence-electron chi connectivity index (χ0n) is 11.5. The molecule has 1 heterocycles. The molecule has 0 bridgehead atoms. The van der Waals surface area contributed by atoms with Crippen LogP contribution in [0.15, 0.2) is 48.9 Å². The predicted molar refractivity (Wildman–Crippen MR) is 74.8 cm³/mol. The van der Waals surface area contributed by atoms with Gasteiger partial charge in [0, 0.05) is 0 Å². The number of ether oxygens (including phenoxy) is 1. The fraction of sp³-hybridized carbons (Fsp3) is 0.200. The lowest BCUT2D eigenvalue weighted by Crippen LogP contribution is -1.96. The summed E-state index contributed by atoms with van der Waals surface area (Å²) < 4.78 is 20.5. The molecule has 0 fully saturated rings. The molecule has 0 aliphatic rings. The molecule has 0 saturated carbocycles. The van der Waals surface area contributed by atoms with E-state index < -0.39 is 0 Å². The molecular formula is C15H16FN3O. The molecule has 5 heteroatoms. The number of hydrogen-bond acceptors (Lipinski definition) is 3. The quantitative estimate of drug-likeness (QED) is 0.619. The minimum atomic E-state index is -0.265. The van der Waals surface area contributed by atoms with Crippen LogP contribution in [0.3, 0.4) is 0 Å². The van der Waals surface area contributed by atoms with Crippen LogP contribution in [-0.4, -0.2) is 15.0 Å². The summed E-state index contributed by atoms with van der Waals surface area (Å²) in [5, 5.41) is 7.95. The maximum Gasteiger partial charge on any atom is 0.134 e. The van der Waals surface area contributed by atoms with Crippen molar-refractivity contribution in [1.82, 2.24) is 15.0 Å². The smallest absolute Gasteiger partial charge is 0.134 e. The molecule has 1 aromatic heterocycles. The zero-order valence-corrected chi connectivity index (χ0v) is 11.5. The molecule has 104 valence electrons. The summed E-state index contributed by atoms with van der Waals surface area (Å²) in [6, 6.07) is 4.92. The van der Waals surface area contributed by atoms with Gasteiger partial charge in [-0.15, -0.1) is 5.10 Å². The standard InChI is InChI=1S/C15H16FN3O/c1-4-14(5-2)20-10-12-9-19(18-17-12)13-7-6-11(3)15(16)8-13/h4-9H,1,10H2,2-3H3/b14-5+. The van der Waals surface area contributed by atoms with Gasteiger partial charge in [0.25, 0.3) is 0 Å². The van der Waals surface area contributed by atoms with Crippen LogP contribution in [0, 0.1) is 12.7 Å². The number of aromatic nitrogens is 3. The molecule has 0 spiro atoms. The van der Waals surface area contributed by atoms with E-state index in [0.29, 0.717) is 29.3 Å². The van der Waals surface area contributed by atoms with E-state index >= 15 is 0 Å². The average Bonchev–Trinajstić information content (AvgIpc) is 2.92. The summed E-state index contributed by atoms with van der Waals surface area (Å²) in [5.41, 5.74) is 1.88. The Hall–Kier alpha value is -2.43. The first kappa shape index (κ1) is 14.0. The summed E-state index contributed by atoms with van der Waals surface area (Å²) in [7, 11) is 0. The van der Waals surface area contributed by atoms with Crippen molar-refractivity contribution in [2.75, 3.05) is 0 Å². The molecule has 2 rings (SSSR count). The fourth-order valence-corrected chi connectivity index (χ4v) is 1.63. The highest BCUT2D eigenvalue weighted by Crippen LogP contribution is 2.13. The van der Waals surface area contributed by atoms with Crippen LogP contribution in [0.5, 0.6) is 0 Å². The molecular weight excluding hydrogens is 257 g/mol. The molecule has 0 amide bonds. The second-order valence-electron chi connectivity index (χ2n) is 4.27. The maximum absolute atomic E-state index is 13.5. The van der Waals surface area contributed by atoms with Crippen molar-refractivity contribution in [1.29, 1.82) is 0 Å². The molecule has 4 nitrogen and oxygen atoms in total. The van der Waals surface area contributed by atoms with Crippen LogP contribution in [0.4, 0.5) is 4.39 Å². The SMILES string of the molecule is C=C/C(=C\C)OCc1cn(-c2ccc(C)c(F)c2)nn1. The van der Waals surface area contributed by atoms with Gasteiger partial charge >= 0.3 is 0 Å². The van der Waals surface area contributed by atoms with Gasteiger partial charge < -0.3 is 4.74 Å². The Morgan fingerprint density at radius 2 is 2.30 bits per heavy atom. The van der Waals surface area contributed by atoms with Crippen molar-refractivity contribution in [2.45, 2.75) is 20.5 Å². The molecule has 0 unspecified atom stereocenters. The molecule has 20 heavy (non-hydrogen) atoms. The molecule has 2 aromatic rings. The van der Waals surface area contributed by atoms with Gasteiger partial charge in [0.1, 0.15) is 23.9 Å². The van der Waals surface area contributed by atoms with Gasteiger partial charge in [0.05, 0.1) is 11.9 Å². The van der Waals surface area contributed by atoms with E-state index in [0.717, 1.165) is 0 Å². The highest BCUT2D eigenvalue weighted by molar-refractivity contribution is 5.34. The van der Waals surface area contributed by atoms with Crippen molar-refractivity contribution >= 4 is 0 Å². The Labute approximate surface area is 117 Å². The number of allylic oxidation sites excluding steroid dienone is 2. The first-order chi connectivity index (χ1) is 9.63. The topological polar surface area (TPSA) is 39.9 Å². The van der Waals surface area contributed by atoms with Crippen molar-refractivity contribution in [3.8, 4) is 5.69 Å². The van der Waals surface area contributed by atoms with E-state index in [1.165, 1.54) is 10.7 Å². The third-order valence-corrected chi connectivity index (χ3v) is 2.83. The molecule has 0 N–H and O–H groups in total. The summed E-state index contributed by atoms with van der Waals surface area (Å²) in [4.78, 5) is 0. The van der Waals surface area contributed by atoms with Gasteiger partial charge in [0.2, 0.25) is 0 Å². The van der Waals surface area contributed by atoms with Crippen molar-refractivity contribution in [3.63, 3.8) is 0 Å². The Kier molecular flexibility index (Phi) is 4.30. The Balaban J connectivity index is 2.12. The van der Waals surface area contributed by atoms with E-state index in [-0.39, 0.29) is 5.82 Å². The van der Waals surface area contributed by atoms with Gasteiger partial charge in [-0.3, -0.25) is 0 Å². The second-order valence-corrected chi connectivity index (χ2v) is 4.27. The van der Waals surface area contributed by atoms with Crippen molar-refractivity contribution < 1.29 is 9.13 Å². The number of rotatable bonds is 5. The summed E-state index contributed by atoms with van der Waals surface area (Å²) >= 11 is 0. The first-order valence-electron chi connectivity index (χ1n) is 6.23. The Morgan fingerprint density at radius 1 is 1.50 bits per heavy atom. The maximum atomic E-state index is 13.5. The molecule has 0 aliphatic heterocycles. The first-order valence-corrected chi connectivity index (χ1v) is 6.23. The van der Waals surface area contributed by atoms with Crippen LogP contribution < -0.4 is 0 Å². The third-order valence-electron chi connectivity index (χ3n) is 2.83. The minimum Gasteiger partial charge on any atom is -0.488 e. The molecule has 0 radical (unpaired) electrons. The normalized spacial score (nSPS) is 11.4. The van der Waals surface area contributed by atoms with Crippen LogP contribution in [0.1, 0.15) is 18.2 Å². The van der Waals surface area contributed by atoms with Crippen LogP contribution in [0.2, 0.25) is 0 Å². The van der Waals surface area contributed by atoms with Gasteiger partial charge in [0.15, 0.2) is 0 Å². The van der Waals surface area contributed by atoms with E-state index in [1.54, 1.807) is 31.3 Å². The number of nitrogens with zero attached hydrogens (tertiary/aromatic N) is 3. The molecule has 0 atom stereocenters. The van der Waals surface area contributed by atoms with Crippen LogP contribution in [-0.2, 0) is 11.3 Å². The lowest BCUT2D eigenvalue weighted by Gasteiger charge is -2.03. The van der Waals surface area contributed by atoms with Crippen LogP contribution in [0.25, 0.3) is 5.69 Å². The Morgan fingerprint density at radius 3 is 2.95 bits per heavy atom. The number of halogens is 1. The Bertz CT molecular complexity index is 646. The highest BCUT2D eigenvalue weighted by Gasteiger charge is 2.06. The lowest BCUT2D eigenvalue weighted by molar-refractivity contribution is 0.207. The average molecular weight is 273 g/mol. The van der Waals surface area contributed by atoms with E-state index in [2.05, 4.69) is 16.9 Å². The highest BCUT2D eigenvalue weighted by atomic mass is 19.1. The number of aryl methyl sites for hydroxylation is 1. The molecule has 1 aromatic carbocycles. The summed E-state index contributed by atoms with van der Waals surface area (Å²) in [6.45, 7) is 7.51. The van der Waals surface area contributed by atoms with Gasteiger partial charge in [-0.1, -0.05) is 17.9 Å².